The van der Waals surface area contributed by atoms with Gasteiger partial charge in [0, 0.05) is 62.0 Å². The van der Waals surface area contributed by atoms with Crippen LogP contribution in [0.2, 0.25) is 0 Å². The lowest BCUT2D eigenvalue weighted by atomic mass is 9.80. The second-order valence-corrected chi connectivity index (χ2v) is 10.2. The lowest BCUT2D eigenvalue weighted by Crippen LogP contribution is -2.47. The van der Waals surface area contributed by atoms with Crippen LogP contribution in [0.1, 0.15) is 45.6 Å². The van der Waals surface area contributed by atoms with Gasteiger partial charge in [-0.2, -0.15) is 0 Å². The van der Waals surface area contributed by atoms with Gasteiger partial charge in [0.2, 0.25) is 5.95 Å². The van der Waals surface area contributed by atoms with Gasteiger partial charge in [-0.05, 0) is 50.4 Å². The van der Waals surface area contributed by atoms with E-state index >= 15 is 0 Å². The van der Waals surface area contributed by atoms with Gasteiger partial charge >= 0.3 is 5.63 Å². The minimum absolute atomic E-state index is 0.0221. The van der Waals surface area contributed by atoms with Crippen LogP contribution in [-0.4, -0.2) is 60.2 Å². The fourth-order valence-corrected chi connectivity index (χ4v) is 5.37. The highest BCUT2D eigenvalue weighted by Crippen LogP contribution is 2.44. The van der Waals surface area contributed by atoms with Gasteiger partial charge in [-0.25, -0.2) is 9.78 Å². The predicted octanol–water partition coefficient (Wildman–Crippen LogP) is 3.41. The number of aromatic amines is 1. The topological polar surface area (TPSA) is 85.7 Å². The first-order chi connectivity index (χ1) is 16.2. The van der Waals surface area contributed by atoms with Crippen LogP contribution in [-0.2, 0) is 0 Å². The molecule has 8 nitrogen and oxygen atoms in total. The smallest absolute Gasteiger partial charge is 0.345 e. The molecule has 1 N–H and O–H groups in total. The third kappa shape index (κ3) is 3.90. The zero-order valence-electron chi connectivity index (χ0n) is 20.6. The summed E-state index contributed by atoms with van der Waals surface area (Å²) in [5, 5.41) is 0.841. The van der Waals surface area contributed by atoms with Crippen molar-refractivity contribution in [1.29, 1.82) is 0 Å². The number of hydrogen-bond acceptors (Lipinski definition) is 7. The van der Waals surface area contributed by atoms with Crippen molar-refractivity contribution < 1.29 is 4.42 Å². The van der Waals surface area contributed by atoms with Crippen molar-refractivity contribution in [2.24, 2.45) is 0 Å². The molecule has 8 heteroatoms. The molecule has 0 saturated carbocycles. The molecule has 0 spiro atoms. The molecule has 2 aliphatic heterocycles. The minimum Gasteiger partial charge on any atom is -0.422 e. The van der Waals surface area contributed by atoms with E-state index in [9.17, 15) is 9.59 Å². The molecular weight excluding hydrogens is 430 g/mol. The number of nitrogens with one attached hydrogen (secondary N) is 1. The Kier molecular flexibility index (Phi) is 5.51. The summed E-state index contributed by atoms with van der Waals surface area (Å²) in [4.78, 5) is 39.7. The van der Waals surface area contributed by atoms with E-state index in [-0.39, 0.29) is 11.1 Å². The maximum absolute atomic E-state index is 13.0. The van der Waals surface area contributed by atoms with E-state index in [1.165, 1.54) is 11.6 Å². The number of rotatable bonds is 3. The molecular formula is C26H33N5O3. The number of nitrogens with zero attached hydrogens (tertiary/aromatic N) is 4. The van der Waals surface area contributed by atoms with Gasteiger partial charge in [0.1, 0.15) is 5.58 Å². The molecule has 1 saturated heterocycles. The third-order valence-corrected chi connectivity index (χ3v) is 7.61. The maximum atomic E-state index is 13.0. The van der Waals surface area contributed by atoms with Crippen molar-refractivity contribution in [3.8, 4) is 11.3 Å². The van der Waals surface area contributed by atoms with Crippen LogP contribution in [0.25, 0.3) is 22.2 Å². The number of anilines is 2. The highest BCUT2D eigenvalue weighted by Gasteiger charge is 2.34. The SMILES string of the molecule is CCN1CCN(c2nc(-c3cc4cc5c(cc4oc3=O)N(C)C(C)(C)CC5C)cc(=O)[nH]2)CC1. The Balaban J connectivity index is 1.57. The maximum Gasteiger partial charge on any atom is 0.345 e. The second kappa shape index (κ2) is 8.27. The van der Waals surface area contributed by atoms with Crippen molar-refractivity contribution in [3.05, 3.63) is 50.6 Å². The van der Waals surface area contributed by atoms with Gasteiger partial charge < -0.3 is 19.1 Å². The molecule has 1 atom stereocenters. The van der Waals surface area contributed by atoms with Crippen molar-refractivity contribution in [2.75, 3.05) is 49.6 Å². The van der Waals surface area contributed by atoms with Crippen LogP contribution in [0.15, 0.2) is 38.3 Å². The Bertz CT molecular complexity index is 1350. The molecule has 0 aliphatic carbocycles. The third-order valence-electron chi connectivity index (χ3n) is 7.61. The number of likely N-dealkylation sites (N-methyl/N-ethyl adjacent to an activating group) is 1. The Morgan fingerprint density at radius 1 is 1.12 bits per heavy atom. The van der Waals surface area contributed by atoms with Crippen molar-refractivity contribution in [1.82, 2.24) is 14.9 Å². The molecule has 34 heavy (non-hydrogen) atoms. The van der Waals surface area contributed by atoms with Gasteiger partial charge in [0.25, 0.3) is 5.56 Å². The van der Waals surface area contributed by atoms with Crippen LogP contribution in [0.5, 0.6) is 0 Å². The first-order valence-electron chi connectivity index (χ1n) is 12.1. The summed E-state index contributed by atoms with van der Waals surface area (Å²) >= 11 is 0. The minimum atomic E-state index is -0.488. The van der Waals surface area contributed by atoms with Gasteiger partial charge in [-0.3, -0.25) is 9.78 Å². The van der Waals surface area contributed by atoms with Gasteiger partial charge in [-0.15, -0.1) is 0 Å². The van der Waals surface area contributed by atoms with Crippen LogP contribution in [0.4, 0.5) is 11.6 Å². The summed E-state index contributed by atoms with van der Waals surface area (Å²) in [7, 11) is 2.09. The zero-order valence-corrected chi connectivity index (χ0v) is 20.6. The van der Waals surface area contributed by atoms with E-state index in [4.69, 9.17) is 4.42 Å². The molecule has 0 amide bonds. The lowest BCUT2D eigenvalue weighted by molar-refractivity contribution is 0.270. The van der Waals surface area contributed by atoms with Crippen LogP contribution < -0.4 is 21.0 Å². The highest BCUT2D eigenvalue weighted by molar-refractivity contribution is 5.86. The summed E-state index contributed by atoms with van der Waals surface area (Å²) in [5.41, 5.74) is 2.79. The summed E-state index contributed by atoms with van der Waals surface area (Å²) in [6.07, 6.45) is 1.04. The Hall–Kier alpha value is -3.13. The largest absolute Gasteiger partial charge is 0.422 e. The molecule has 2 aromatic heterocycles. The molecule has 4 heterocycles. The average Bonchev–Trinajstić information content (AvgIpc) is 2.81. The lowest BCUT2D eigenvalue weighted by Gasteiger charge is -2.45. The van der Waals surface area contributed by atoms with E-state index in [1.807, 2.05) is 12.1 Å². The second-order valence-electron chi connectivity index (χ2n) is 10.2. The molecule has 5 rings (SSSR count). The Morgan fingerprint density at radius 3 is 2.56 bits per heavy atom. The van der Waals surface area contributed by atoms with Crippen LogP contribution in [0, 0.1) is 0 Å². The normalized spacial score (nSPS) is 20.6. The number of piperazine rings is 1. The number of aromatic nitrogens is 2. The van der Waals surface area contributed by atoms with Gasteiger partial charge in [-0.1, -0.05) is 13.8 Å². The number of H-pyrrole nitrogens is 1. The molecule has 2 aliphatic rings. The van der Waals surface area contributed by atoms with Crippen molar-refractivity contribution >= 4 is 22.6 Å². The molecule has 0 bridgehead atoms. The summed E-state index contributed by atoms with van der Waals surface area (Å²) in [6.45, 7) is 13.2. The molecule has 3 aromatic rings. The van der Waals surface area contributed by atoms with E-state index in [1.54, 1.807) is 0 Å². The van der Waals surface area contributed by atoms with E-state index in [0.717, 1.165) is 50.2 Å². The first kappa shape index (κ1) is 22.7. The van der Waals surface area contributed by atoms with Crippen molar-refractivity contribution in [2.45, 2.75) is 45.6 Å². The average molecular weight is 464 g/mol. The number of hydrogen-bond donors (Lipinski definition) is 1. The standard InChI is InChI=1S/C26H33N5O3/c1-6-30-7-9-31(10-8-30)25-27-20(13-23(32)28-25)19-12-17-11-18-16(2)15-26(3,4)29(5)21(18)14-22(17)34-24(19)33/h11-14,16H,6-10,15H2,1-5H3,(H,27,28,32). The summed E-state index contributed by atoms with van der Waals surface area (Å²) in [6, 6.07) is 7.28. The van der Waals surface area contributed by atoms with E-state index in [2.05, 4.69) is 65.5 Å². The Morgan fingerprint density at radius 2 is 1.85 bits per heavy atom. The summed E-state index contributed by atoms with van der Waals surface area (Å²) in [5.74, 6) is 0.882. The summed E-state index contributed by atoms with van der Waals surface area (Å²) < 4.78 is 5.76. The predicted molar refractivity (Wildman–Crippen MR) is 136 cm³/mol. The van der Waals surface area contributed by atoms with Gasteiger partial charge in [0.15, 0.2) is 0 Å². The monoisotopic (exact) mass is 463 g/mol. The molecule has 180 valence electrons. The zero-order chi connectivity index (χ0) is 24.2. The quantitative estimate of drug-likeness (QED) is 0.596. The molecule has 0 radical (unpaired) electrons. The first-order valence-corrected chi connectivity index (χ1v) is 12.1. The molecule has 1 fully saturated rings. The van der Waals surface area contributed by atoms with Crippen LogP contribution in [0.3, 0.4) is 0 Å². The van der Waals surface area contributed by atoms with E-state index < -0.39 is 5.63 Å². The van der Waals surface area contributed by atoms with Crippen LogP contribution >= 0.6 is 0 Å². The fraction of sp³-hybridized carbons (Fsp3) is 0.500. The van der Waals surface area contributed by atoms with Gasteiger partial charge in [0.05, 0.1) is 11.3 Å². The number of fused-ring (bicyclic) bond motifs is 2. The molecule has 1 unspecified atom stereocenters. The highest BCUT2D eigenvalue weighted by atomic mass is 16.4. The molecule has 1 aromatic carbocycles. The number of benzene rings is 1. The fourth-order valence-electron chi connectivity index (χ4n) is 5.37. The Labute approximate surface area is 199 Å². The van der Waals surface area contributed by atoms with E-state index in [0.29, 0.717) is 28.7 Å². The van der Waals surface area contributed by atoms with Crippen molar-refractivity contribution in [3.63, 3.8) is 0 Å².